The van der Waals surface area contributed by atoms with Crippen LogP contribution < -0.4 is 5.32 Å². The summed E-state index contributed by atoms with van der Waals surface area (Å²) in [5.74, 6) is 0. The molecule has 4 rings (SSSR count). The molecule has 0 spiro atoms. The number of rotatable bonds is 6. The molecule has 0 unspecified atom stereocenters. The number of benzene rings is 1. The molecule has 3 heterocycles. The van der Waals surface area contributed by atoms with Gasteiger partial charge < -0.3 is 14.8 Å². The summed E-state index contributed by atoms with van der Waals surface area (Å²) in [7, 11) is 0. The van der Waals surface area contributed by atoms with E-state index in [1.54, 1.807) is 0 Å². The van der Waals surface area contributed by atoms with E-state index in [0.29, 0.717) is 0 Å². The summed E-state index contributed by atoms with van der Waals surface area (Å²) >= 11 is 5.81. The standard InChI is InChI=1S/C26H32N4S/c1-6-7-15-29-25(23(28-26(29)31)22-13-8-9-14-27-22)21-16-19(4)30(20(21)5)24-17(2)11-10-12-18(24)3/h8-14,16,23,25H,6-7,15H2,1-5H3,(H,28,31)/t23-,25+/m0/s1. The van der Waals surface area contributed by atoms with Crippen molar-refractivity contribution in [1.82, 2.24) is 19.8 Å². The largest absolute Gasteiger partial charge is 0.352 e. The molecule has 2 aromatic heterocycles. The number of nitrogens with one attached hydrogen (secondary N) is 1. The highest BCUT2D eigenvalue weighted by atomic mass is 32.1. The first-order chi connectivity index (χ1) is 14.9. The Morgan fingerprint density at radius 1 is 1.03 bits per heavy atom. The van der Waals surface area contributed by atoms with Gasteiger partial charge in [-0.1, -0.05) is 37.6 Å². The van der Waals surface area contributed by atoms with Crippen molar-refractivity contribution in [3.8, 4) is 5.69 Å². The van der Waals surface area contributed by atoms with Crippen molar-refractivity contribution in [3.63, 3.8) is 0 Å². The fraction of sp³-hybridized carbons (Fsp3) is 0.385. The van der Waals surface area contributed by atoms with E-state index in [1.165, 1.54) is 33.8 Å². The van der Waals surface area contributed by atoms with E-state index in [1.807, 2.05) is 12.3 Å². The summed E-state index contributed by atoms with van der Waals surface area (Å²) in [6, 6.07) is 15.1. The zero-order valence-electron chi connectivity index (χ0n) is 19.1. The predicted molar refractivity (Wildman–Crippen MR) is 132 cm³/mol. The van der Waals surface area contributed by atoms with Gasteiger partial charge in [0.25, 0.3) is 0 Å². The number of pyridine rings is 1. The lowest BCUT2D eigenvalue weighted by Crippen LogP contribution is -2.30. The summed E-state index contributed by atoms with van der Waals surface area (Å²) in [5, 5.41) is 4.41. The van der Waals surface area contributed by atoms with Crippen molar-refractivity contribution in [1.29, 1.82) is 0 Å². The Labute approximate surface area is 191 Å². The number of aromatic nitrogens is 2. The van der Waals surface area contributed by atoms with Crippen LogP contribution >= 0.6 is 12.2 Å². The number of hydrogen-bond donors (Lipinski definition) is 1. The number of thiocarbonyl (C=S) groups is 1. The van der Waals surface area contributed by atoms with E-state index >= 15 is 0 Å². The lowest BCUT2D eigenvalue weighted by Gasteiger charge is -2.28. The molecule has 5 heteroatoms. The quantitative estimate of drug-likeness (QED) is 0.493. The summed E-state index contributed by atoms with van der Waals surface area (Å²) in [6.07, 6.45) is 4.12. The predicted octanol–water partition coefficient (Wildman–Crippen LogP) is 5.88. The zero-order valence-corrected chi connectivity index (χ0v) is 20.0. The summed E-state index contributed by atoms with van der Waals surface area (Å²) < 4.78 is 2.41. The van der Waals surface area contributed by atoms with E-state index in [0.717, 1.165) is 30.2 Å². The molecule has 1 aliphatic heterocycles. The summed E-state index contributed by atoms with van der Waals surface area (Å²) in [6.45, 7) is 12.0. The van der Waals surface area contributed by atoms with Crippen LogP contribution in [0.4, 0.5) is 0 Å². The average molecular weight is 433 g/mol. The molecule has 0 aliphatic carbocycles. The molecule has 1 fully saturated rings. The minimum absolute atomic E-state index is 0.0393. The van der Waals surface area contributed by atoms with Gasteiger partial charge in [-0.3, -0.25) is 4.98 Å². The molecule has 0 saturated carbocycles. The Morgan fingerprint density at radius 2 is 1.77 bits per heavy atom. The topological polar surface area (TPSA) is 33.1 Å². The number of hydrogen-bond acceptors (Lipinski definition) is 2. The Hall–Kier alpha value is -2.66. The Balaban J connectivity index is 1.86. The van der Waals surface area contributed by atoms with Gasteiger partial charge in [0, 0.05) is 24.1 Å². The lowest BCUT2D eigenvalue weighted by atomic mass is 9.96. The van der Waals surface area contributed by atoms with Crippen molar-refractivity contribution >= 4 is 17.3 Å². The zero-order chi connectivity index (χ0) is 22.1. The fourth-order valence-corrected chi connectivity index (χ4v) is 5.23. The smallest absolute Gasteiger partial charge is 0.170 e. The van der Waals surface area contributed by atoms with Gasteiger partial charge in [0.05, 0.1) is 23.5 Å². The maximum absolute atomic E-state index is 5.81. The van der Waals surface area contributed by atoms with Crippen LogP contribution in [-0.2, 0) is 0 Å². The van der Waals surface area contributed by atoms with Crippen molar-refractivity contribution < 1.29 is 0 Å². The molecule has 3 aromatic rings. The van der Waals surface area contributed by atoms with Crippen LogP contribution in [0.5, 0.6) is 0 Å². The fourth-order valence-electron chi connectivity index (χ4n) is 4.90. The molecular weight excluding hydrogens is 400 g/mol. The maximum atomic E-state index is 5.81. The lowest BCUT2D eigenvalue weighted by molar-refractivity contribution is 0.312. The molecule has 1 N–H and O–H groups in total. The highest BCUT2D eigenvalue weighted by Gasteiger charge is 2.41. The van der Waals surface area contributed by atoms with Crippen LogP contribution in [0, 0.1) is 27.7 Å². The second-order valence-corrected chi connectivity index (χ2v) is 8.96. The van der Waals surface area contributed by atoms with Gasteiger partial charge in [-0.25, -0.2) is 0 Å². The first-order valence-electron chi connectivity index (χ1n) is 11.2. The van der Waals surface area contributed by atoms with Gasteiger partial charge in [-0.05, 0) is 81.2 Å². The SMILES string of the molecule is CCCCN1C(=S)N[C@@H](c2ccccn2)[C@H]1c1cc(C)n(-c2c(C)cccc2C)c1C. The van der Waals surface area contributed by atoms with Crippen LogP contribution in [0.25, 0.3) is 5.69 Å². The highest BCUT2D eigenvalue weighted by molar-refractivity contribution is 7.80. The molecule has 0 amide bonds. The minimum atomic E-state index is 0.0393. The molecule has 1 aromatic carbocycles. The van der Waals surface area contributed by atoms with E-state index in [9.17, 15) is 0 Å². The number of aryl methyl sites for hydroxylation is 3. The van der Waals surface area contributed by atoms with Crippen molar-refractivity contribution in [3.05, 3.63) is 82.4 Å². The van der Waals surface area contributed by atoms with Crippen molar-refractivity contribution in [2.75, 3.05) is 6.54 Å². The van der Waals surface area contributed by atoms with Gasteiger partial charge in [-0.15, -0.1) is 0 Å². The van der Waals surface area contributed by atoms with Gasteiger partial charge in [0.2, 0.25) is 0 Å². The Bertz CT molecular complexity index is 1070. The van der Waals surface area contributed by atoms with Crippen molar-refractivity contribution in [2.24, 2.45) is 0 Å². The van der Waals surface area contributed by atoms with Crippen LogP contribution in [0.3, 0.4) is 0 Å². The first-order valence-corrected chi connectivity index (χ1v) is 11.6. The number of unbranched alkanes of at least 4 members (excludes halogenated alkanes) is 1. The van der Waals surface area contributed by atoms with Crippen LogP contribution in [-0.4, -0.2) is 26.1 Å². The molecular formula is C26H32N4S. The molecule has 1 saturated heterocycles. The third-order valence-corrected chi connectivity index (χ3v) is 6.75. The molecule has 162 valence electrons. The third-order valence-electron chi connectivity index (χ3n) is 6.40. The Kier molecular flexibility index (Phi) is 6.15. The number of nitrogens with zero attached hydrogens (tertiary/aromatic N) is 3. The molecule has 0 bridgehead atoms. The van der Waals surface area contributed by atoms with E-state index in [4.69, 9.17) is 12.2 Å². The van der Waals surface area contributed by atoms with E-state index < -0.39 is 0 Å². The third kappa shape index (κ3) is 3.87. The summed E-state index contributed by atoms with van der Waals surface area (Å²) in [5.41, 5.74) is 8.73. The second-order valence-electron chi connectivity index (χ2n) is 8.58. The molecule has 2 atom stereocenters. The molecule has 31 heavy (non-hydrogen) atoms. The first kappa shape index (κ1) is 21.6. The van der Waals surface area contributed by atoms with E-state index in [2.05, 4.69) is 90.8 Å². The van der Waals surface area contributed by atoms with Crippen molar-refractivity contribution in [2.45, 2.75) is 59.5 Å². The van der Waals surface area contributed by atoms with Crippen LogP contribution in [0.2, 0.25) is 0 Å². The molecule has 1 aliphatic rings. The monoisotopic (exact) mass is 432 g/mol. The van der Waals surface area contributed by atoms with Crippen LogP contribution in [0.15, 0.2) is 48.7 Å². The van der Waals surface area contributed by atoms with Gasteiger partial charge in [-0.2, -0.15) is 0 Å². The Morgan fingerprint density at radius 3 is 2.42 bits per heavy atom. The van der Waals surface area contributed by atoms with Crippen LogP contribution in [0.1, 0.15) is 65.6 Å². The molecule has 4 nitrogen and oxygen atoms in total. The second kappa shape index (κ2) is 8.83. The van der Waals surface area contributed by atoms with Gasteiger partial charge in [0.15, 0.2) is 5.11 Å². The van der Waals surface area contributed by atoms with Gasteiger partial charge in [0.1, 0.15) is 0 Å². The maximum Gasteiger partial charge on any atom is 0.170 e. The minimum Gasteiger partial charge on any atom is -0.352 e. The van der Waals surface area contributed by atoms with Gasteiger partial charge >= 0.3 is 0 Å². The highest BCUT2D eigenvalue weighted by Crippen LogP contribution is 2.41. The average Bonchev–Trinajstić information content (AvgIpc) is 3.23. The number of para-hydroxylation sites is 1. The normalized spacial score (nSPS) is 18.5. The molecule has 0 radical (unpaired) electrons. The van der Waals surface area contributed by atoms with E-state index in [-0.39, 0.29) is 12.1 Å². The summed E-state index contributed by atoms with van der Waals surface area (Å²) in [4.78, 5) is 7.05.